The lowest BCUT2D eigenvalue weighted by Crippen LogP contribution is -2.54. The fourth-order valence-electron chi connectivity index (χ4n) is 5.09. The van der Waals surface area contributed by atoms with Crippen LogP contribution >= 0.6 is 0 Å². The normalized spacial score (nSPS) is 20.8. The summed E-state index contributed by atoms with van der Waals surface area (Å²) in [6.07, 6.45) is 1.17. The van der Waals surface area contributed by atoms with Crippen molar-refractivity contribution in [3.63, 3.8) is 0 Å². The average Bonchev–Trinajstić information content (AvgIpc) is 3.56. The molecule has 2 aromatic carbocycles. The second-order valence-corrected chi connectivity index (χ2v) is 9.41. The second kappa shape index (κ2) is 9.75. The number of methoxy groups -OCH3 is 1. The standard InChI is InChI=1S/C27H24FN5O6/c1-29-25(37)30-22(34)17-7-5-15-4-3-14(11-18(15)17)9-10-27(24(36)31-26(38)32-27)13-33-12-16-6-8-19(39-2)21(28)20(16)23(33)35/h3-4,6,8,11,17H,5,7,12-13H2,1-2H3,(H2,29,30,34,37)(H2,31,32,36,38)/t17?,27-/m1/s1. The van der Waals surface area contributed by atoms with Crippen molar-refractivity contribution < 1.29 is 33.1 Å². The molecule has 0 saturated carbocycles. The molecule has 12 heteroatoms. The van der Waals surface area contributed by atoms with Gasteiger partial charge < -0.3 is 20.3 Å². The van der Waals surface area contributed by atoms with Gasteiger partial charge in [-0.2, -0.15) is 0 Å². The largest absolute Gasteiger partial charge is 0.494 e. The molecule has 3 aliphatic rings. The molecule has 11 nitrogen and oxygen atoms in total. The van der Waals surface area contributed by atoms with Crippen molar-refractivity contribution in [2.24, 2.45) is 0 Å². The third-order valence-corrected chi connectivity index (χ3v) is 7.07. The van der Waals surface area contributed by atoms with Gasteiger partial charge in [-0.05, 0) is 47.7 Å². The maximum absolute atomic E-state index is 14.8. The molecule has 4 N–H and O–H groups in total. The number of nitrogens with one attached hydrogen (secondary N) is 4. The van der Waals surface area contributed by atoms with E-state index in [2.05, 4.69) is 33.1 Å². The zero-order chi connectivity index (χ0) is 27.9. The van der Waals surface area contributed by atoms with Crippen molar-refractivity contribution in [2.45, 2.75) is 30.8 Å². The van der Waals surface area contributed by atoms with Crippen LogP contribution < -0.4 is 26.0 Å². The van der Waals surface area contributed by atoms with Crippen molar-refractivity contribution in [1.29, 1.82) is 0 Å². The van der Waals surface area contributed by atoms with Gasteiger partial charge in [-0.1, -0.05) is 24.0 Å². The molecule has 1 unspecified atom stereocenters. The highest BCUT2D eigenvalue weighted by molar-refractivity contribution is 6.10. The highest BCUT2D eigenvalue weighted by atomic mass is 19.1. The maximum Gasteiger partial charge on any atom is 0.323 e. The van der Waals surface area contributed by atoms with Gasteiger partial charge in [-0.3, -0.25) is 25.0 Å². The Balaban J connectivity index is 1.43. The number of carbonyl (C=O) groups is 5. The molecule has 2 heterocycles. The van der Waals surface area contributed by atoms with E-state index in [-0.39, 0.29) is 24.4 Å². The zero-order valence-corrected chi connectivity index (χ0v) is 21.1. The Kier molecular flexibility index (Phi) is 6.43. The highest BCUT2D eigenvalue weighted by Gasteiger charge is 2.49. The summed E-state index contributed by atoms with van der Waals surface area (Å²) in [4.78, 5) is 63.5. The van der Waals surface area contributed by atoms with E-state index in [0.29, 0.717) is 29.5 Å². The number of carbonyl (C=O) groups excluding carboxylic acids is 5. The number of halogens is 1. The lowest BCUT2D eigenvalue weighted by Gasteiger charge is -2.26. The van der Waals surface area contributed by atoms with Crippen LogP contribution in [0.3, 0.4) is 0 Å². The predicted molar refractivity (Wildman–Crippen MR) is 134 cm³/mol. The summed E-state index contributed by atoms with van der Waals surface area (Å²) >= 11 is 0. The van der Waals surface area contributed by atoms with Crippen LogP contribution in [0.25, 0.3) is 0 Å². The van der Waals surface area contributed by atoms with E-state index in [4.69, 9.17) is 4.74 Å². The minimum Gasteiger partial charge on any atom is -0.494 e. The topological polar surface area (TPSA) is 146 Å². The van der Waals surface area contributed by atoms with Crippen LogP contribution in [0.4, 0.5) is 14.0 Å². The molecule has 1 fully saturated rings. The van der Waals surface area contributed by atoms with E-state index in [1.54, 1.807) is 18.2 Å². The monoisotopic (exact) mass is 533 g/mol. The minimum atomic E-state index is -1.79. The Morgan fingerprint density at radius 1 is 1.21 bits per heavy atom. The van der Waals surface area contributed by atoms with E-state index < -0.39 is 47.1 Å². The Morgan fingerprint density at radius 2 is 1.97 bits per heavy atom. The third-order valence-electron chi connectivity index (χ3n) is 7.07. The number of fused-ring (bicyclic) bond motifs is 2. The molecule has 5 rings (SSSR count). The molecule has 200 valence electrons. The molecule has 39 heavy (non-hydrogen) atoms. The Bertz CT molecular complexity index is 1510. The summed E-state index contributed by atoms with van der Waals surface area (Å²) < 4.78 is 19.8. The molecule has 0 radical (unpaired) electrons. The molecule has 2 aromatic rings. The number of hydrogen-bond donors (Lipinski definition) is 4. The van der Waals surface area contributed by atoms with Crippen LogP contribution in [-0.4, -0.2) is 60.9 Å². The number of imide groups is 2. The quantitative estimate of drug-likeness (QED) is 0.340. The third kappa shape index (κ3) is 4.52. The second-order valence-electron chi connectivity index (χ2n) is 9.41. The van der Waals surface area contributed by atoms with E-state index >= 15 is 0 Å². The average molecular weight is 534 g/mol. The van der Waals surface area contributed by atoms with Crippen LogP contribution in [-0.2, 0) is 22.6 Å². The fourth-order valence-corrected chi connectivity index (χ4v) is 5.09. The lowest BCUT2D eigenvalue weighted by molar-refractivity contribution is -0.123. The summed E-state index contributed by atoms with van der Waals surface area (Å²) in [6, 6.07) is 6.87. The van der Waals surface area contributed by atoms with E-state index in [9.17, 15) is 28.4 Å². The SMILES string of the molecule is CNC(=O)NC(=O)C1CCc2ccc(C#C[C@]3(CN4Cc5ccc(OC)c(F)c5C4=O)NC(=O)NC3=O)cc21. The molecule has 1 aliphatic carbocycles. The number of rotatable bonds is 4. The Labute approximate surface area is 222 Å². The van der Waals surface area contributed by atoms with Gasteiger partial charge in [0.2, 0.25) is 11.4 Å². The summed E-state index contributed by atoms with van der Waals surface area (Å²) in [7, 11) is 2.70. The van der Waals surface area contributed by atoms with Crippen molar-refractivity contribution >= 4 is 29.8 Å². The first-order chi connectivity index (χ1) is 18.7. The summed E-state index contributed by atoms with van der Waals surface area (Å²) in [5, 5.41) is 9.30. The number of benzene rings is 2. The van der Waals surface area contributed by atoms with Crippen molar-refractivity contribution in [2.75, 3.05) is 20.7 Å². The van der Waals surface area contributed by atoms with Crippen molar-refractivity contribution in [1.82, 2.24) is 26.2 Å². The first-order valence-corrected chi connectivity index (χ1v) is 12.1. The van der Waals surface area contributed by atoms with Crippen LogP contribution in [0.5, 0.6) is 5.75 Å². The molecule has 2 aliphatic heterocycles. The maximum atomic E-state index is 14.8. The number of aryl methyl sites for hydroxylation is 1. The first kappa shape index (κ1) is 25.7. The highest BCUT2D eigenvalue weighted by Crippen LogP contribution is 2.34. The van der Waals surface area contributed by atoms with Crippen LogP contribution in [0.1, 0.15) is 45.0 Å². The van der Waals surface area contributed by atoms with E-state index in [0.717, 1.165) is 5.56 Å². The molecular formula is C27H24FN5O6. The van der Waals surface area contributed by atoms with Crippen molar-refractivity contribution in [3.8, 4) is 17.6 Å². The molecular weight excluding hydrogens is 509 g/mol. The van der Waals surface area contributed by atoms with Crippen molar-refractivity contribution in [3.05, 3.63) is 64.0 Å². The molecule has 2 atom stereocenters. The Morgan fingerprint density at radius 3 is 2.67 bits per heavy atom. The zero-order valence-electron chi connectivity index (χ0n) is 21.1. The molecule has 7 amide bonds. The van der Waals surface area contributed by atoms with Gasteiger partial charge in [0.05, 0.1) is 25.1 Å². The van der Waals surface area contributed by atoms with Crippen LogP contribution in [0.2, 0.25) is 0 Å². The van der Waals surface area contributed by atoms with Crippen LogP contribution in [0.15, 0.2) is 30.3 Å². The van der Waals surface area contributed by atoms with Gasteiger partial charge >= 0.3 is 12.1 Å². The van der Waals surface area contributed by atoms with Gasteiger partial charge in [-0.25, -0.2) is 14.0 Å². The molecule has 0 aromatic heterocycles. The van der Waals surface area contributed by atoms with Gasteiger partial charge in [-0.15, -0.1) is 0 Å². The Hall–Kier alpha value is -4.92. The minimum absolute atomic E-state index is 0.0165. The van der Waals surface area contributed by atoms with Gasteiger partial charge in [0.1, 0.15) is 0 Å². The number of urea groups is 2. The van der Waals surface area contributed by atoms with Gasteiger partial charge in [0.25, 0.3) is 11.8 Å². The molecule has 0 bridgehead atoms. The smallest absolute Gasteiger partial charge is 0.323 e. The lowest BCUT2D eigenvalue weighted by atomic mass is 9.96. The van der Waals surface area contributed by atoms with E-state index in [1.807, 2.05) is 6.07 Å². The number of ether oxygens (including phenoxy) is 1. The number of hydrogen-bond acceptors (Lipinski definition) is 6. The predicted octanol–water partition coefficient (Wildman–Crippen LogP) is 0.905. The van der Waals surface area contributed by atoms with Crippen LogP contribution in [0, 0.1) is 17.7 Å². The first-order valence-electron chi connectivity index (χ1n) is 12.1. The number of nitrogens with zero attached hydrogens (tertiary/aromatic N) is 1. The molecule has 1 saturated heterocycles. The summed E-state index contributed by atoms with van der Waals surface area (Å²) in [5.41, 5.74) is 0.606. The number of amides is 7. The van der Waals surface area contributed by atoms with Gasteiger partial charge in [0.15, 0.2) is 11.6 Å². The fraction of sp³-hybridized carbons (Fsp3) is 0.296. The molecule has 0 spiro atoms. The van der Waals surface area contributed by atoms with Gasteiger partial charge in [0, 0.05) is 19.2 Å². The summed E-state index contributed by atoms with van der Waals surface area (Å²) in [5.74, 6) is 2.44. The summed E-state index contributed by atoms with van der Waals surface area (Å²) in [6.45, 7) is -0.308. The van der Waals surface area contributed by atoms with E-state index in [1.165, 1.54) is 25.1 Å².